The van der Waals surface area contributed by atoms with Crippen LogP contribution in [0.15, 0.2) is 0 Å². The summed E-state index contributed by atoms with van der Waals surface area (Å²) in [6.45, 7) is 1.78. The smallest absolute Gasteiger partial charge is 0.247 e. The Balaban J connectivity index is 2.32. The average molecular weight is 70.1 g/mol. The first-order chi connectivity index (χ1) is 2.50. The van der Waals surface area contributed by atoms with E-state index in [1.54, 1.807) is 0 Å². The van der Waals surface area contributed by atoms with Crippen LogP contribution >= 0.6 is 0 Å². The summed E-state index contributed by atoms with van der Waals surface area (Å²) in [5.74, 6) is 0. The summed E-state index contributed by atoms with van der Waals surface area (Å²) >= 11 is 0. The maximum absolute atomic E-state index is 3.85. The minimum atomic E-state index is 0.819. The standard InChI is InChI=1S/C3H6N2/c1-2-5-3-4-1/h1,5H,2-3H2/q+1. The molecule has 0 saturated carbocycles. The van der Waals surface area contributed by atoms with Gasteiger partial charge in [-0.3, -0.25) is 0 Å². The van der Waals surface area contributed by atoms with Crippen LogP contribution < -0.4 is 10.3 Å². The zero-order chi connectivity index (χ0) is 3.54. The molecular formula is C3H6N2+. The Bertz CT molecular complexity index is 42.9. The molecule has 1 N–H and O–H groups in total. The lowest BCUT2D eigenvalue weighted by Gasteiger charge is -1.65. The zero-order valence-corrected chi connectivity index (χ0v) is 2.94. The number of aliphatic imine (C=N–C) groups is 1. The predicted octanol–water partition coefficient (Wildman–Crippen LogP) is -1.05. The number of nitrogens with one attached hydrogen (secondary N) is 1. The number of nitrogens with zero attached hydrogens (tertiary/aromatic N) is 1. The third-order valence-electron chi connectivity index (χ3n) is 0.568. The third-order valence-corrected chi connectivity index (χ3v) is 0.568. The fourth-order valence-corrected chi connectivity index (χ4v) is 0.323. The molecule has 0 aromatic carbocycles. The summed E-state index contributed by atoms with van der Waals surface area (Å²) in [5.41, 5.74) is 0. The Morgan fingerprint density at radius 3 is 3.00 bits per heavy atom. The van der Waals surface area contributed by atoms with Crippen molar-refractivity contribution in [3.8, 4) is 0 Å². The quantitative estimate of drug-likeness (QED) is 0.387. The molecular weight excluding hydrogens is 64.0 g/mol. The van der Waals surface area contributed by atoms with Gasteiger partial charge in [0.2, 0.25) is 6.21 Å². The lowest BCUT2D eigenvalue weighted by atomic mass is 10.8. The molecule has 0 fully saturated rings. The Kier molecular flexibility index (Phi) is 0.667. The minimum absolute atomic E-state index is 0.819. The van der Waals surface area contributed by atoms with E-state index in [0.717, 1.165) is 13.2 Å². The molecule has 27 valence electrons. The predicted molar refractivity (Wildman–Crippen MR) is 21.1 cm³/mol. The third kappa shape index (κ3) is 0.450. The lowest BCUT2D eigenvalue weighted by Crippen LogP contribution is -2.08. The molecule has 5 heavy (non-hydrogen) atoms. The van der Waals surface area contributed by atoms with Crippen LogP contribution in [0.2, 0.25) is 0 Å². The Hall–Kier alpha value is -0.370. The summed E-state index contributed by atoms with van der Waals surface area (Å²) in [5, 5.41) is 3.00. The number of rotatable bonds is 0. The van der Waals surface area contributed by atoms with Gasteiger partial charge in [-0.25, -0.2) is 5.32 Å². The number of hydrogen-bond acceptors (Lipinski definition) is 2. The molecule has 1 radical (unpaired) electrons. The first-order valence-electron chi connectivity index (χ1n) is 1.69. The van der Waals surface area contributed by atoms with Crippen LogP contribution in [0.1, 0.15) is 0 Å². The van der Waals surface area contributed by atoms with Crippen molar-refractivity contribution < 1.29 is 0 Å². The van der Waals surface area contributed by atoms with Gasteiger partial charge < -0.3 is 0 Å². The Labute approximate surface area is 30.9 Å². The van der Waals surface area contributed by atoms with E-state index < -0.39 is 0 Å². The molecule has 0 unspecified atom stereocenters. The molecule has 0 spiro atoms. The van der Waals surface area contributed by atoms with Gasteiger partial charge in [-0.15, -0.1) is 0 Å². The molecule has 1 rings (SSSR count). The van der Waals surface area contributed by atoms with Gasteiger partial charge >= 0.3 is 0 Å². The molecule has 0 saturated heterocycles. The van der Waals surface area contributed by atoms with Crippen LogP contribution in [0.25, 0.3) is 0 Å². The van der Waals surface area contributed by atoms with Crippen molar-refractivity contribution in [3.63, 3.8) is 0 Å². The zero-order valence-electron chi connectivity index (χ0n) is 2.94. The van der Waals surface area contributed by atoms with Crippen LogP contribution in [0.4, 0.5) is 0 Å². The van der Waals surface area contributed by atoms with Crippen LogP contribution in [-0.4, -0.2) is 19.4 Å². The van der Waals surface area contributed by atoms with Crippen LogP contribution in [-0.2, 0) is 0 Å². The average Bonchev–Trinajstić information content (AvgIpc) is 1.76. The van der Waals surface area contributed by atoms with E-state index in [0.29, 0.717) is 0 Å². The highest BCUT2D eigenvalue weighted by Crippen LogP contribution is 1.53. The summed E-state index contributed by atoms with van der Waals surface area (Å²) in [4.78, 5) is 3.85. The van der Waals surface area contributed by atoms with E-state index in [1.807, 2.05) is 6.21 Å². The second kappa shape index (κ2) is 1.17. The first-order valence-corrected chi connectivity index (χ1v) is 1.69. The SMILES string of the molecule is C1=[N+]CNC1. The maximum Gasteiger partial charge on any atom is 0.263 e. The summed E-state index contributed by atoms with van der Waals surface area (Å²) < 4.78 is 0. The van der Waals surface area contributed by atoms with Gasteiger partial charge in [0.15, 0.2) is 0 Å². The molecule has 1 heterocycles. The fourth-order valence-electron chi connectivity index (χ4n) is 0.323. The normalized spacial score (nSPS) is 20.8. The van der Waals surface area contributed by atoms with Crippen molar-refractivity contribution in [2.75, 3.05) is 13.2 Å². The van der Waals surface area contributed by atoms with E-state index in [1.165, 1.54) is 0 Å². The highest BCUT2D eigenvalue weighted by atomic mass is 15.0. The van der Waals surface area contributed by atoms with Crippen molar-refractivity contribution in [3.05, 3.63) is 0 Å². The molecule has 2 heteroatoms. The van der Waals surface area contributed by atoms with Crippen molar-refractivity contribution >= 4 is 6.21 Å². The fraction of sp³-hybridized carbons (Fsp3) is 0.667. The minimum Gasteiger partial charge on any atom is -0.247 e. The molecule has 1 aliphatic heterocycles. The molecule has 2 nitrogen and oxygen atoms in total. The van der Waals surface area contributed by atoms with Crippen LogP contribution in [0.5, 0.6) is 0 Å². The first kappa shape index (κ1) is 2.85. The van der Waals surface area contributed by atoms with Crippen molar-refractivity contribution in [1.82, 2.24) is 10.3 Å². The van der Waals surface area contributed by atoms with E-state index in [4.69, 9.17) is 0 Å². The highest BCUT2D eigenvalue weighted by Gasteiger charge is 1.97. The van der Waals surface area contributed by atoms with E-state index in [-0.39, 0.29) is 0 Å². The van der Waals surface area contributed by atoms with Gasteiger partial charge in [-0.2, -0.15) is 0 Å². The topological polar surface area (TPSA) is 26.1 Å². The molecule has 0 aliphatic carbocycles. The molecule has 1 aliphatic rings. The molecule has 0 aromatic rings. The second-order valence-electron chi connectivity index (χ2n) is 0.977. The van der Waals surface area contributed by atoms with Gasteiger partial charge in [0, 0.05) is 4.99 Å². The van der Waals surface area contributed by atoms with Crippen LogP contribution in [0, 0.1) is 0 Å². The second-order valence-corrected chi connectivity index (χ2v) is 0.977. The van der Waals surface area contributed by atoms with E-state index in [9.17, 15) is 0 Å². The van der Waals surface area contributed by atoms with Crippen molar-refractivity contribution in [2.24, 2.45) is 0 Å². The van der Waals surface area contributed by atoms with Crippen molar-refractivity contribution in [2.45, 2.75) is 0 Å². The van der Waals surface area contributed by atoms with Gasteiger partial charge in [0.1, 0.15) is 0 Å². The largest absolute Gasteiger partial charge is 0.263 e. The monoisotopic (exact) mass is 70.1 g/mol. The molecule has 0 aromatic heterocycles. The van der Waals surface area contributed by atoms with Gasteiger partial charge in [-0.05, 0) is 0 Å². The Morgan fingerprint density at radius 2 is 2.80 bits per heavy atom. The van der Waals surface area contributed by atoms with Crippen molar-refractivity contribution in [1.29, 1.82) is 0 Å². The highest BCUT2D eigenvalue weighted by molar-refractivity contribution is 5.59. The van der Waals surface area contributed by atoms with E-state index in [2.05, 4.69) is 10.3 Å². The summed E-state index contributed by atoms with van der Waals surface area (Å²) in [6.07, 6.45) is 1.88. The summed E-state index contributed by atoms with van der Waals surface area (Å²) in [6, 6.07) is 0. The summed E-state index contributed by atoms with van der Waals surface area (Å²) in [7, 11) is 0. The van der Waals surface area contributed by atoms with Gasteiger partial charge in [0.05, 0.1) is 6.54 Å². The van der Waals surface area contributed by atoms with E-state index >= 15 is 0 Å². The lowest BCUT2D eigenvalue weighted by molar-refractivity contribution is 0.813. The molecule has 0 amide bonds. The van der Waals surface area contributed by atoms with Gasteiger partial charge in [0.25, 0.3) is 6.67 Å². The molecule has 0 bridgehead atoms. The maximum atomic E-state index is 3.85. The number of hydrogen-bond donors (Lipinski definition) is 1. The Morgan fingerprint density at radius 1 is 1.80 bits per heavy atom. The molecule has 0 atom stereocenters. The van der Waals surface area contributed by atoms with Crippen LogP contribution in [0.3, 0.4) is 0 Å². The van der Waals surface area contributed by atoms with Gasteiger partial charge in [-0.1, -0.05) is 0 Å².